The van der Waals surface area contributed by atoms with Gasteiger partial charge in [0.2, 0.25) is 0 Å². The summed E-state index contributed by atoms with van der Waals surface area (Å²) in [4.78, 5) is 16.0. The number of nitrogens with zero attached hydrogens (tertiary/aromatic N) is 1. The van der Waals surface area contributed by atoms with Crippen LogP contribution in [-0.2, 0) is 12.8 Å². The van der Waals surface area contributed by atoms with Crippen LogP contribution in [0.3, 0.4) is 0 Å². The first-order valence-electron chi connectivity index (χ1n) is 7.14. The number of ether oxygens (including phenoxy) is 1. The van der Waals surface area contributed by atoms with Gasteiger partial charge < -0.3 is 10.1 Å². The van der Waals surface area contributed by atoms with Crippen molar-refractivity contribution in [2.24, 2.45) is 5.92 Å². The van der Waals surface area contributed by atoms with Crippen LogP contribution in [0.25, 0.3) is 0 Å². The van der Waals surface area contributed by atoms with Gasteiger partial charge in [-0.2, -0.15) is 0 Å². The molecule has 3 rings (SSSR count). The number of hydrogen-bond donors (Lipinski definition) is 1. The van der Waals surface area contributed by atoms with Gasteiger partial charge >= 0.3 is 0 Å². The molecule has 1 aliphatic rings. The minimum absolute atomic E-state index is 0.0797. The second-order valence-corrected chi connectivity index (χ2v) is 5.31. The highest BCUT2D eigenvalue weighted by atomic mass is 16.5. The van der Waals surface area contributed by atoms with E-state index in [-0.39, 0.29) is 5.91 Å². The number of fused-ring (bicyclic) bond motifs is 1. The molecule has 1 atom stereocenters. The highest BCUT2D eigenvalue weighted by Crippen LogP contribution is 2.28. The molecule has 0 aliphatic carbocycles. The minimum Gasteiger partial charge on any atom is -0.493 e. The molecule has 0 fully saturated rings. The van der Waals surface area contributed by atoms with Crippen molar-refractivity contribution in [2.45, 2.75) is 12.8 Å². The van der Waals surface area contributed by atoms with Crippen molar-refractivity contribution in [3.8, 4) is 5.75 Å². The van der Waals surface area contributed by atoms with Gasteiger partial charge in [-0.25, -0.2) is 0 Å². The average Bonchev–Trinajstić information content (AvgIpc) is 2.54. The molecule has 1 aliphatic heterocycles. The summed E-state index contributed by atoms with van der Waals surface area (Å²) in [7, 11) is 1.63. The van der Waals surface area contributed by atoms with Gasteiger partial charge in [-0.1, -0.05) is 18.2 Å². The maximum absolute atomic E-state index is 11.7. The fourth-order valence-electron chi connectivity index (χ4n) is 2.69. The molecule has 0 unspecified atom stereocenters. The Hall–Kier alpha value is -2.36. The van der Waals surface area contributed by atoms with Crippen molar-refractivity contribution in [2.75, 3.05) is 13.7 Å². The minimum atomic E-state index is -0.0797. The van der Waals surface area contributed by atoms with E-state index in [1.54, 1.807) is 19.3 Å². The van der Waals surface area contributed by atoms with E-state index in [4.69, 9.17) is 4.74 Å². The monoisotopic (exact) mass is 282 g/mol. The van der Waals surface area contributed by atoms with Crippen LogP contribution in [-0.4, -0.2) is 24.5 Å². The molecule has 0 saturated carbocycles. The molecular formula is C17H18N2O2. The van der Waals surface area contributed by atoms with E-state index in [9.17, 15) is 4.79 Å². The van der Waals surface area contributed by atoms with Crippen molar-refractivity contribution >= 4 is 5.91 Å². The number of aromatic nitrogens is 1. The zero-order valence-corrected chi connectivity index (χ0v) is 12.0. The molecule has 1 aromatic carbocycles. The molecule has 4 nitrogen and oxygen atoms in total. The van der Waals surface area contributed by atoms with Crippen LogP contribution in [0.15, 0.2) is 42.6 Å². The van der Waals surface area contributed by atoms with Gasteiger partial charge in [0.05, 0.1) is 6.61 Å². The van der Waals surface area contributed by atoms with Crippen molar-refractivity contribution < 1.29 is 9.53 Å². The van der Waals surface area contributed by atoms with E-state index < -0.39 is 0 Å². The molecule has 1 aromatic heterocycles. The van der Waals surface area contributed by atoms with Crippen LogP contribution in [0.2, 0.25) is 0 Å². The average molecular weight is 282 g/mol. The van der Waals surface area contributed by atoms with Crippen LogP contribution in [0.1, 0.15) is 21.6 Å². The number of carbonyl (C=O) groups is 1. The molecule has 108 valence electrons. The molecule has 2 aromatic rings. The van der Waals surface area contributed by atoms with E-state index in [1.807, 2.05) is 24.3 Å². The zero-order chi connectivity index (χ0) is 14.7. The molecule has 0 spiro atoms. The molecule has 1 amide bonds. The lowest BCUT2D eigenvalue weighted by Gasteiger charge is -2.25. The van der Waals surface area contributed by atoms with Gasteiger partial charge in [0.1, 0.15) is 5.75 Å². The number of rotatable bonds is 3. The highest BCUT2D eigenvalue weighted by Gasteiger charge is 2.20. The third-order valence-corrected chi connectivity index (χ3v) is 3.76. The zero-order valence-electron chi connectivity index (χ0n) is 12.0. The van der Waals surface area contributed by atoms with E-state index in [2.05, 4.69) is 16.4 Å². The van der Waals surface area contributed by atoms with Crippen LogP contribution in [0.4, 0.5) is 0 Å². The van der Waals surface area contributed by atoms with Gasteiger partial charge in [0.15, 0.2) is 0 Å². The second kappa shape index (κ2) is 5.95. The maximum atomic E-state index is 11.7. The third-order valence-electron chi connectivity index (χ3n) is 3.76. The molecule has 0 saturated heterocycles. The number of benzene rings is 1. The summed E-state index contributed by atoms with van der Waals surface area (Å²) in [5, 5.41) is 2.63. The Bertz CT molecular complexity index is 655. The topological polar surface area (TPSA) is 51.2 Å². The Morgan fingerprint density at radius 1 is 1.38 bits per heavy atom. The van der Waals surface area contributed by atoms with Crippen molar-refractivity contribution in [3.05, 3.63) is 59.4 Å². The highest BCUT2D eigenvalue weighted by molar-refractivity contribution is 5.93. The summed E-state index contributed by atoms with van der Waals surface area (Å²) >= 11 is 0. The third kappa shape index (κ3) is 3.05. The summed E-state index contributed by atoms with van der Waals surface area (Å²) in [6, 6.07) is 11.7. The Morgan fingerprint density at radius 2 is 2.24 bits per heavy atom. The first kappa shape index (κ1) is 13.6. The van der Waals surface area contributed by atoms with Crippen LogP contribution >= 0.6 is 0 Å². The number of amides is 1. The lowest BCUT2D eigenvalue weighted by molar-refractivity contribution is 0.0963. The standard InChI is InChI=1S/C17H18N2O2/c1-18-17(20)14-6-7-19-15(10-14)9-12-8-13-4-2-3-5-16(13)21-11-12/h2-7,10,12H,8-9,11H2,1H3,(H,18,20)/t12-/m1/s1. The predicted octanol–water partition coefficient (Wildman–Crippen LogP) is 2.24. The fourth-order valence-corrected chi connectivity index (χ4v) is 2.69. The lowest BCUT2D eigenvalue weighted by atomic mass is 9.92. The van der Waals surface area contributed by atoms with Crippen LogP contribution in [0.5, 0.6) is 5.75 Å². The normalized spacial score (nSPS) is 16.7. The molecule has 1 N–H and O–H groups in total. The summed E-state index contributed by atoms with van der Waals surface area (Å²) in [6.45, 7) is 0.697. The molecule has 0 radical (unpaired) electrons. The number of hydrogen-bond acceptors (Lipinski definition) is 3. The number of pyridine rings is 1. The summed E-state index contributed by atoms with van der Waals surface area (Å²) in [5.41, 5.74) is 2.83. The van der Waals surface area contributed by atoms with Gasteiger partial charge in [0, 0.05) is 30.4 Å². The largest absolute Gasteiger partial charge is 0.493 e. The molecule has 4 heteroatoms. The lowest BCUT2D eigenvalue weighted by Crippen LogP contribution is -2.23. The quantitative estimate of drug-likeness (QED) is 0.939. The Kier molecular flexibility index (Phi) is 3.86. The first-order valence-corrected chi connectivity index (χ1v) is 7.14. The second-order valence-electron chi connectivity index (χ2n) is 5.31. The number of carbonyl (C=O) groups excluding carboxylic acids is 1. The Morgan fingerprint density at radius 3 is 3.10 bits per heavy atom. The molecule has 2 heterocycles. The SMILES string of the molecule is CNC(=O)c1ccnc(C[C@@H]2COc3ccccc3C2)c1. The summed E-state index contributed by atoms with van der Waals surface area (Å²) in [6.07, 6.45) is 3.50. The Balaban J connectivity index is 1.72. The molecule has 0 bridgehead atoms. The number of para-hydroxylation sites is 1. The Labute approximate surface area is 124 Å². The molecular weight excluding hydrogens is 264 g/mol. The van der Waals surface area contributed by atoms with Crippen LogP contribution < -0.4 is 10.1 Å². The van der Waals surface area contributed by atoms with Crippen molar-refractivity contribution in [3.63, 3.8) is 0 Å². The van der Waals surface area contributed by atoms with E-state index in [1.165, 1.54) is 5.56 Å². The van der Waals surface area contributed by atoms with Gasteiger partial charge in [0.25, 0.3) is 5.91 Å². The number of nitrogens with one attached hydrogen (secondary N) is 1. The van der Waals surface area contributed by atoms with Gasteiger partial charge in [-0.05, 0) is 36.6 Å². The smallest absolute Gasteiger partial charge is 0.251 e. The maximum Gasteiger partial charge on any atom is 0.251 e. The first-order chi connectivity index (χ1) is 10.3. The summed E-state index contributed by atoms with van der Waals surface area (Å²) < 4.78 is 5.80. The van der Waals surface area contributed by atoms with Crippen molar-refractivity contribution in [1.29, 1.82) is 0 Å². The fraction of sp³-hybridized carbons (Fsp3) is 0.294. The van der Waals surface area contributed by atoms with Gasteiger partial charge in [-0.15, -0.1) is 0 Å². The van der Waals surface area contributed by atoms with Gasteiger partial charge in [-0.3, -0.25) is 9.78 Å². The van der Waals surface area contributed by atoms with E-state index in [0.29, 0.717) is 18.1 Å². The van der Waals surface area contributed by atoms with Crippen LogP contribution in [0, 0.1) is 5.92 Å². The van der Waals surface area contributed by atoms with E-state index >= 15 is 0 Å². The predicted molar refractivity (Wildman–Crippen MR) is 80.5 cm³/mol. The van der Waals surface area contributed by atoms with E-state index in [0.717, 1.165) is 24.3 Å². The van der Waals surface area contributed by atoms with Crippen molar-refractivity contribution in [1.82, 2.24) is 10.3 Å². The molecule has 21 heavy (non-hydrogen) atoms. The summed E-state index contributed by atoms with van der Waals surface area (Å²) in [5.74, 6) is 1.30.